The molecular weight excluding hydrogens is 182 g/mol. The number of nitrogens with zero attached hydrogens (tertiary/aromatic N) is 1. The molecule has 1 heterocycles. The van der Waals surface area contributed by atoms with E-state index in [2.05, 4.69) is 22.2 Å². The maximum atomic E-state index is 3.95. The Morgan fingerprint density at radius 2 is 2.54 bits per heavy atom. The highest BCUT2D eigenvalue weighted by Gasteiger charge is 1.92. The molecule has 0 spiro atoms. The standard InChI is InChI=1S/C9H17N3S/c1-2-13-5-3-4-10-6-9-7-11-8-12-9/h7-8,10H,2-6H2,1H3,(H,11,12). The zero-order chi connectivity index (χ0) is 9.36. The number of aromatic nitrogens is 2. The SMILES string of the molecule is CCSCCCNCc1cnc[nH]1. The van der Waals surface area contributed by atoms with Gasteiger partial charge in [0.2, 0.25) is 0 Å². The van der Waals surface area contributed by atoms with Gasteiger partial charge in [-0.3, -0.25) is 0 Å². The monoisotopic (exact) mass is 199 g/mol. The molecule has 1 aromatic heterocycles. The average molecular weight is 199 g/mol. The topological polar surface area (TPSA) is 40.7 Å². The number of hydrogen-bond acceptors (Lipinski definition) is 3. The van der Waals surface area contributed by atoms with E-state index in [9.17, 15) is 0 Å². The van der Waals surface area contributed by atoms with E-state index < -0.39 is 0 Å². The van der Waals surface area contributed by atoms with Gasteiger partial charge in [-0.05, 0) is 24.5 Å². The first-order chi connectivity index (χ1) is 6.43. The second-order valence-corrected chi connectivity index (χ2v) is 4.20. The molecule has 74 valence electrons. The number of thioether (sulfide) groups is 1. The molecule has 0 unspecified atom stereocenters. The summed E-state index contributed by atoms with van der Waals surface area (Å²) in [6, 6.07) is 0. The van der Waals surface area contributed by atoms with Crippen molar-refractivity contribution in [2.75, 3.05) is 18.1 Å². The number of nitrogens with one attached hydrogen (secondary N) is 2. The minimum absolute atomic E-state index is 0.900. The minimum Gasteiger partial charge on any atom is -0.347 e. The lowest BCUT2D eigenvalue weighted by Gasteiger charge is -2.01. The summed E-state index contributed by atoms with van der Waals surface area (Å²) < 4.78 is 0. The molecule has 0 amide bonds. The fourth-order valence-electron chi connectivity index (χ4n) is 1.05. The lowest BCUT2D eigenvalue weighted by Crippen LogP contribution is -2.15. The molecule has 0 fully saturated rings. The molecule has 4 heteroatoms. The van der Waals surface area contributed by atoms with Gasteiger partial charge in [-0.2, -0.15) is 11.8 Å². The van der Waals surface area contributed by atoms with Crippen LogP contribution in [0.4, 0.5) is 0 Å². The van der Waals surface area contributed by atoms with Crippen LogP contribution in [0, 0.1) is 0 Å². The quantitative estimate of drug-likeness (QED) is 0.656. The van der Waals surface area contributed by atoms with Crippen LogP contribution in [0.2, 0.25) is 0 Å². The first kappa shape index (κ1) is 10.6. The third-order valence-corrected chi connectivity index (χ3v) is 2.70. The van der Waals surface area contributed by atoms with Gasteiger partial charge < -0.3 is 10.3 Å². The molecule has 13 heavy (non-hydrogen) atoms. The summed E-state index contributed by atoms with van der Waals surface area (Å²) in [6.07, 6.45) is 4.81. The Morgan fingerprint density at radius 3 is 3.23 bits per heavy atom. The molecule has 3 nitrogen and oxygen atoms in total. The second-order valence-electron chi connectivity index (χ2n) is 2.80. The zero-order valence-electron chi connectivity index (χ0n) is 8.05. The third kappa shape index (κ3) is 4.95. The molecule has 0 aliphatic rings. The second kappa shape index (κ2) is 6.97. The lowest BCUT2D eigenvalue weighted by atomic mass is 10.4. The van der Waals surface area contributed by atoms with Gasteiger partial charge in [-0.1, -0.05) is 6.92 Å². The first-order valence-corrected chi connectivity index (χ1v) is 5.84. The summed E-state index contributed by atoms with van der Waals surface area (Å²) in [5.41, 5.74) is 1.16. The van der Waals surface area contributed by atoms with Crippen molar-refractivity contribution in [2.45, 2.75) is 19.9 Å². The number of aromatic amines is 1. The van der Waals surface area contributed by atoms with E-state index in [0.29, 0.717) is 0 Å². The van der Waals surface area contributed by atoms with Crippen LogP contribution in [-0.4, -0.2) is 28.0 Å². The van der Waals surface area contributed by atoms with Crippen molar-refractivity contribution >= 4 is 11.8 Å². The van der Waals surface area contributed by atoms with E-state index in [1.807, 2.05) is 18.0 Å². The molecule has 0 saturated carbocycles. The van der Waals surface area contributed by atoms with Crippen LogP contribution in [0.15, 0.2) is 12.5 Å². The van der Waals surface area contributed by atoms with Crippen molar-refractivity contribution in [3.05, 3.63) is 18.2 Å². The van der Waals surface area contributed by atoms with Crippen LogP contribution in [0.1, 0.15) is 19.0 Å². The van der Waals surface area contributed by atoms with Crippen molar-refractivity contribution in [2.24, 2.45) is 0 Å². The summed E-state index contributed by atoms with van der Waals surface area (Å²) >= 11 is 2.00. The highest BCUT2D eigenvalue weighted by Crippen LogP contribution is 1.99. The average Bonchev–Trinajstić information content (AvgIpc) is 2.63. The number of hydrogen-bond donors (Lipinski definition) is 2. The molecule has 0 aliphatic carbocycles. The van der Waals surface area contributed by atoms with Crippen LogP contribution < -0.4 is 5.32 Å². The fourth-order valence-corrected chi connectivity index (χ4v) is 1.69. The molecule has 0 radical (unpaired) electrons. The van der Waals surface area contributed by atoms with E-state index in [0.717, 1.165) is 18.8 Å². The Balaban J connectivity index is 1.90. The molecule has 0 atom stereocenters. The van der Waals surface area contributed by atoms with Gasteiger partial charge in [0, 0.05) is 18.4 Å². The number of imidazole rings is 1. The summed E-state index contributed by atoms with van der Waals surface area (Å²) in [5.74, 6) is 2.48. The summed E-state index contributed by atoms with van der Waals surface area (Å²) in [7, 11) is 0. The van der Waals surface area contributed by atoms with Crippen molar-refractivity contribution in [3.63, 3.8) is 0 Å². The van der Waals surface area contributed by atoms with E-state index in [1.165, 1.54) is 17.9 Å². The number of H-pyrrole nitrogens is 1. The van der Waals surface area contributed by atoms with Crippen LogP contribution in [0.25, 0.3) is 0 Å². The Morgan fingerprint density at radius 1 is 1.62 bits per heavy atom. The summed E-state index contributed by atoms with van der Waals surface area (Å²) in [4.78, 5) is 7.01. The highest BCUT2D eigenvalue weighted by atomic mass is 32.2. The predicted molar refractivity (Wildman–Crippen MR) is 57.9 cm³/mol. The normalized spacial score (nSPS) is 10.5. The molecule has 0 saturated heterocycles. The van der Waals surface area contributed by atoms with Crippen molar-refractivity contribution in [3.8, 4) is 0 Å². The largest absolute Gasteiger partial charge is 0.347 e. The van der Waals surface area contributed by atoms with Crippen LogP contribution in [0.5, 0.6) is 0 Å². The van der Waals surface area contributed by atoms with E-state index in [-0.39, 0.29) is 0 Å². The summed E-state index contributed by atoms with van der Waals surface area (Å²) in [5, 5.41) is 3.36. The van der Waals surface area contributed by atoms with Crippen molar-refractivity contribution < 1.29 is 0 Å². The van der Waals surface area contributed by atoms with Gasteiger partial charge >= 0.3 is 0 Å². The van der Waals surface area contributed by atoms with Crippen molar-refractivity contribution in [1.29, 1.82) is 0 Å². The molecule has 2 N–H and O–H groups in total. The van der Waals surface area contributed by atoms with Gasteiger partial charge in [-0.25, -0.2) is 4.98 Å². The Bertz CT molecular complexity index is 199. The fraction of sp³-hybridized carbons (Fsp3) is 0.667. The molecule has 1 aromatic rings. The highest BCUT2D eigenvalue weighted by molar-refractivity contribution is 7.99. The Labute approximate surface area is 83.7 Å². The third-order valence-electron chi connectivity index (χ3n) is 1.72. The van der Waals surface area contributed by atoms with Crippen LogP contribution in [-0.2, 0) is 6.54 Å². The Kier molecular flexibility index (Phi) is 5.69. The van der Waals surface area contributed by atoms with Crippen molar-refractivity contribution in [1.82, 2.24) is 15.3 Å². The van der Waals surface area contributed by atoms with E-state index in [4.69, 9.17) is 0 Å². The van der Waals surface area contributed by atoms with Gasteiger partial charge in [-0.15, -0.1) is 0 Å². The maximum absolute atomic E-state index is 3.95. The van der Waals surface area contributed by atoms with E-state index in [1.54, 1.807) is 6.33 Å². The Hall–Kier alpha value is -0.480. The van der Waals surface area contributed by atoms with Crippen LogP contribution in [0.3, 0.4) is 0 Å². The molecule has 0 bridgehead atoms. The lowest BCUT2D eigenvalue weighted by molar-refractivity contribution is 0.669. The molecule has 0 aromatic carbocycles. The first-order valence-electron chi connectivity index (χ1n) is 4.69. The zero-order valence-corrected chi connectivity index (χ0v) is 8.86. The van der Waals surface area contributed by atoms with Gasteiger partial charge in [0.15, 0.2) is 0 Å². The van der Waals surface area contributed by atoms with Gasteiger partial charge in [0.25, 0.3) is 0 Å². The predicted octanol–water partition coefficient (Wildman–Crippen LogP) is 1.64. The summed E-state index contributed by atoms with van der Waals surface area (Å²) in [6.45, 7) is 4.19. The van der Waals surface area contributed by atoms with E-state index >= 15 is 0 Å². The maximum Gasteiger partial charge on any atom is 0.0922 e. The molecule has 1 rings (SSSR count). The van der Waals surface area contributed by atoms with Gasteiger partial charge in [0.05, 0.1) is 6.33 Å². The molecule has 0 aliphatic heterocycles. The minimum atomic E-state index is 0.900. The number of rotatable bonds is 7. The van der Waals surface area contributed by atoms with Gasteiger partial charge in [0.1, 0.15) is 0 Å². The molecular formula is C9H17N3S. The smallest absolute Gasteiger partial charge is 0.0922 e. The van der Waals surface area contributed by atoms with Crippen LogP contribution >= 0.6 is 11.8 Å².